The van der Waals surface area contributed by atoms with Gasteiger partial charge >= 0.3 is 5.97 Å². The molecule has 5 heteroatoms. The number of piperazine rings is 1. The molecule has 0 radical (unpaired) electrons. The molecule has 1 aromatic rings. The SMILES string of the molecule is COC(=O)C(c1cccc(F)c1)N1CCN(C)CC1. The first-order valence-corrected chi connectivity index (χ1v) is 6.37. The van der Waals surface area contributed by atoms with E-state index in [-0.39, 0.29) is 11.8 Å². The lowest BCUT2D eigenvalue weighted by atomic mass is 10.0. The van der Waals surface area contributed by atoms with Crippen LogP contribution in [0.2, 0.25) is 0 Å². The molecule has 104 valence electrons. The van der Waals surface area contributed by atoms with Gasteiger partial charge in [0.2, 0.25) is 0 Å². The van der Waals surface area contributed by atoms with Crippen LogP contribution in [0.15, 0.2) is 24.3 Å². The highest BCUT2D eigenvalue weighted by Crippen LogP contribution is 2.24. The van der Waals surface area contributed by atoms with Crippen molar-refractivity contribution in [3.05, 3.63) is 35.6 Å². The third-order valence-electron chi connectivity index (χ3n) is 3.49. The number of methoxy groups -OCH3 is 1. The van der Waals surface area contributed by atoms with Crippen LogP contribution in [-0.4, -0.2) is 56.1 Å². The van der Waals surface area contributed by atoms with Crippen molar-refractivity contribution in [2.24, 2.45) is 0 Å². The van der Waals surface area contributed by atoms with Gasteiger partial charge in [-0.2, -0.15) is 0 Å². The fourth-order valence-electron chi connectivity index (χ4n) is 2.36. The van der Waals surface area contributed by atoms with E-state index in [0.717, 1.165) is 26.2 Å². The topological polar surface area (TPSA) is 32.8 Å². The van der Waals surface area contributed by atoms with E-state index in [2.05, 4.69) is 4.90 Å². The lowest BCUT2D eigenvalue weighted by Crippen LogP contribution is -2.48. The molecular formula is C14H19FN2O2. The molecule has 1 atom stereocenters. The van der Waals surface area contributed by atoms with Gasteiger partial charge in [0, 0.05) is 26.2 Å². The van der Waals surface area contributed by atoms with Crippen LogP contribution in [0.3, 0.4) is 0 Å². The summed E-state index contributed by atoms with van der Waals surface area (Å²) in [5.74, 6) is -0.671. The van der Waals surface area contributed by atoms with Crippen molar-refractivity contribution in [1.82, 2.24) is 9.80 Å². The predicted octanol–water partition coefficient (Wildman–Crippen LogP) is 1.29. The molecule has 0 N–H and O–H groups in total. The summed E-state index contributed by atoms with van der Waals surface area (Å²) in [6.07, 6.45) is 0. The van der Waals surface area contributed by atoms with Gasteiger partial charge in [0.15, 0.2) is 0 Å². The molecule has 4 nitrogen and oxygen atoms in total. The minimum Gasteiger partial charge on any atom is -0.468 e. The first kappa shape index (κ1) is 14.0. The van der Waals surface area contributed by atoms with Crippen LogP contribution >= 0.6 is 0 Å². The predicted molar refractivity (Wildman–Crippen MR) is 70.2 cm³/mol. The Morgan fingerprint density at radius 2 is 2.00 bits per heavy atom. The Morgan fingerprint density at radius 1 is 1.32 bits per heavy atom. The Labute approximate surface area is 112 Å². The van der Waals surface area contributed by atoms with Gasteiger partial charge in [-0.3, -0.25) is 4.90 Å². The Hall–Kier alpha value is -1.46. The van der Waals surface area contributed by atoms with Crippen LogP contribution in [0.4, 0.5) is 4.39 Å². The normalized spacial score (nSPS) is 19.1. The van der Waals surface area contributed by atoms with Gasteiger partial charge in [0.05, 0.1) is 7.11 Å². The standard InChI is InChI=1S/C14H19FN2O2/c1-16-6-8-17(9-7-16)13(14(18)19-2)11-4-3-5-12(15)10-11/h3-5,10,13H,6-9H2,1-2H3. The van der Waals surface area contributed by atoms with Gasteiger partial charge in [-0.15, -0.1) is 0 Å². The van der Waals surface area contributed by atoms with Crippen LogP contribution in [0.5, 0.6) is 0 Å². The first-order chi connectivity index (χ1) is 9.11. The van der Waals surface area contributed by atoms with E-state index >= 15 is 0 Å². The molecule has 0 spiro atoms. The number of carbonyl (C=O) groups excluding carboxylic acids is 1. The van der Waals surface area contributed by atoms with Crippen molar-refractivity contribution in [3.63, 3.8) is 0 Å². The number of rotatable bonds is 3. The lowest BCUT2D eigenvalue weighted by molar-refractivity contribution is -0.148. The summed E-state index contributed by atoms with van der Waals surface area (Å²) in [7, 11) is 3.41. The molecule has 2 rings (SSSR count). The number of carbonyl (C=O) groups is 1. The second-order valence-corrected chi connectivity index (χ2v) is 4.82. The molecule has 1 unspecified atom stereocenters. The number of benzene rings is 1. The van der Waals surface area contributed by atoms with Crippen LogP contribution in [0, 0.1) is 5.82 Å². The minimum atomic E-state index is -0.519. The number of hydrogen-bond acceptors (Lipinski definition) is 4. The number of nitrogens with zero attached hydrogens (tertiary/aromatic N) is 2. The van der Waals surface area contributed by atoms with Crippen LogP contribution in [0.25, 0.3) is 0 Å². The average molecular weight is 266 g/mol. The molecular weight excluding hydrogens is 247 g/mol. The zero-order valence-electron chi connectivity index (χ0n) is 11.3. The fraction of sp³-hybridized carbons (Fsp3) is 0.500. The van der Waals surface area contributed by atoms with Crippen molar-refractivity contribution in [3.8, 4) is 0 Å². The maximum Gasteiger partial charge on any atom is 0.327 e. The van der Waals surface area contributed by atoms with Crippen molar-refractivity contribution in [2.75, 3.05) is 40.3 Å². The van der Waals surface area contributed by atoms with E-state index in [9.17, 15) is 9.18 Å². The Kier molecular flexibility index (Phi) is 4.50. The highest BCUT2D eigenvalue weighted by molar-refractivity contribution is 5.77. The highest BCUT2D eigenvalue weighted by Gasteiger charge is 2.30. The largest absolute Gasteiger partial charge is 0.468 e. The quantitative estimate of drug-likeness (QED) is 0.772. The molecule has 0 aromatic heterocycles. The maximum atomic E-state index is 13.3. The summed E-state index contributed by atoms with van der Waals surface area (Å²) >= 11 is 0. The maximum absolute atomic E-state index is 13.3. The van der Waals surface area contributed by atoms with Crippen molar-refractivity contribution in [1.29, 1.82) is 0 Å². The Morgan fingerprint density at radius 3 is 2.58 bits per heavy atom. The van der Waals surface area contributed by atoms with E-state index in [1.165, 1.54) is 19.2 Å². The molecule has 1 fully saturated rings. The summed E-state index contributed by atoms with van der Waals surface area (Å²) in [5, 5.41) is 0. The Bertz CT molecular complexity index is 445. The van der Waals surface area contributed by atoms with Gasteiger partial charge in [0.25, 0.3) is 0 Å². The van der Waals surface area contributed by atoms with Gasteiger partial charge < -0.3 is 9.64 Å². The van der Waals surface area contributed by atoms with Crippen molar-refractivity contribution >= 4 is 5.97 Å². The highest BCUT2D eigenvalue weighted by atomic mass is 19.1. The number of esters is 1. The van der Waals surface area contributed by atoms with E-state index in [1.54, 1.807) is 12.1 Å². The third kappa shape index (κ3) is 3.30. The summed E-state index contributed by atoms with van der Waals surface area (Å²) in [6, 6.07) is 5.65. The number of halogens is 1. The fourth-order valence-corrected chi connectivity index (χ4v) is 2.36. The smallest absolute Gasteiger partial charge is 0.327 e. The summed E-state index contributed by atoms with van der Waals surface area (Å²) in [4.78, 5) is 16.3. The molecule has 1 heterocycles. The van der Waals surface area contributed by atoms with E-state index in [1.807, 2.05) is 11.9 Å². The lowest BCUT2D eigenvalue weighted by Gasteiger charge is -2.36. The molecule has 1 aliphatic heterocycles. The van der Waals surface area contributed by atoms with Gasteiger partial charge in [-0.25, -0.2) is 9.18 Å². The Balaban J connectivity index is 2.23. The van der Waals surface area contributed by atoms with E-state index < -0.39 is 6.04 Å². The average Bonchev–Trinajstić information content (AvgIpc) is 2.41. The summed E-state index contributed by atoms with van der Waals surface area (Å²) < 4.78 is 18.2. The zero-order chi connectivity index (χ0) is 13.8. The first-order valence-electron chi connectivity index (χ1n) is 6.37. The van der Waals surface area contributed by atoms with Crippen LogP contribution in [-0.2, 0) is 9.53 Å². The van der Waals surface area contributed by atoms with E-state index in [0.29, 0.717) is 5.56 Å². The third-order valence-corrected chi connectivity index (χ3v) is 3.49. The zero-order valence-corrected chi connectivity index (χ0v) is 11.3. The second kappa shape index (κ2) is 6.12. The van der Waals surface area contributed by atoms with Gasteiger partial charge in [-0.1, -0.05) is 12.1 Å². The number of ether oxygens (including phenoxy) is 1. The summed E-state index contributed by atoms with van der Waals surface area (Å²) in [6.45, 7) is 3.32. The van der Waals surface area contributed by atoms with Gasteiger partial charge in [-0.05, 0) is 24.7 Å². The van der Waals surface area contributed by atoms with E-state index in [4.69, 9.17) is 4.74 Å². The molecule has 0 aliphatic carbocycles. The van der Waals surface area contributed by atoms with Crippen molar-refractivity contribution < 1.29 is 13.9 Å². The molecule has 0 amide bonds. The minimum absolute atomic E-state index is 0.333. The van der Waals surface area contributed by atoms with Crippen LogP contribution in [0.1, 0.15) is 11.6 Å². The van der Waals surface area contributed by atoms with Gasteiger partial charge in [0.1, 0.15) is 11.9 Å². The second-order valence-electron chi connectivity index (χ2n) is 4.82. The monoisotopic (exact) mass is 266 g/mol. The number of hydrogen-bond donors (Lipinski definition) is 0. The molecule has 19 heavy (non-hydrogen) atoms. The molecule has 0 bridgehead atoms. The molecule has 1 saturated heterocycles. The van der Waals surface area contributed by atoms with Crippen molar-refractivity contribution in [2.45, 2.75) is 6.04 Å². The molecule has 1 aromatic carbocycles. The number of likely N-dealkylation sites (N-methyl/N-ethyl adjacent to an activating group) is 1. The summed E-state index contributed by atoms with van der Waals surface area (Å²) in [5.41, 5.74) is 0.649. The van der Waals surface area contributed by atoms with Crippen LogP contribution < -0.4 is 0 Å². The molecule has 1 aliphatic rings. The molecule has 0 saturated carbocycles.